The van der Waals surface area contributed by atoms with Crippen molar-refractivity contribution >= 4 is 23.9 Å². The summed E-state index contributed by atoms with van der Waals surface area (Å²) in [6, 6.07) is 6.53. The van der Waals surface area contributed by atoms with Crippen molar-refractivity contribution in [3.8, 4) is 5.75 Å². The van der Waals surface area contributed by atoms with Crippen LogP contribution in [0.1, 0.15) is 30.7 Å². The summed E-state index contributed by atoms with van der Waals surface area (Å²) in [6.07, 6.45) is -1.50. The summed E-state index contributed by atoms with van der Waals surface area (Å²) < 4.78 is 5.05. The highest BCUT2D eigenvalue weighted by Gasteiger charge is 2.67. The van der Waals surface area contributed by atoms with Crippen molar-refractivity contribution in [3.63, 3.8) is 0 Å². The SMILES string of the molecule is COc1ccc(C2CC2(C(CC(=O)O)C(=O)O)C(CC(=O)O)C(=O)O)cc1. The zero-order valence-electron chi connectivity index (χ0n) is 14.5. The first kappa shape index (κ1) is 20.2. The minimum Gasteiger partial charge on any atom is -0.497 e. The van der Waals surface area contributed by atoms with E-state index in [2.05, 4.69) is 0 Å². The third-order valence-electron chi connectivity index (χ3n) is 5.22. The van der Waals surface area contributed by atoms with Gasteiger partial charge in [0.2, 0.25) is 0 Å². The van der Waals surface area contributed by atoms with E-state index in [-0.39, 0.29) is 6.42 Å². The van der Waals surface area contributed by atoms with Gasteiger partial charge < -0.3 is 25.2 Å². The number of benzene rings is 1. The number of ether oxygens (including phenoxy) is 1. The largest absolute Gasteiger partial charge is 0.497 e. The van der Waals surface area contributed by atoms with Crippen LogP contribution in [0.4, 0.5) is 0 Å². The van der Waals surface area contributed by atoms with Crippen molar-refractivity contribution in [2.24, 2.45) is 17.3 Å². The lowest BCUT2D eigenvalue weighted by atomic mass is 9.72. The van der Waals surface area contributed by atoms with Gasteiger partial charge in [-0.3, -0.25) is 19.2 Å². The molecule has 146 valence electrons. The van der Waals surface area contributed by atoms with Crippen LogP contribution in [-0.4, -0.2) is 51.4 Å². The fraction of sp³-hybridized carbons (Fsp3) is 0.444. The van der Waals surface area contributed by atoms with E-state index in [0.29, 0.717) is 11.3 Å². The maximum Gasteiger partial charge on any atom is 0.307 e. The van der Waals surface area contributed by atoms with Crippen LogP contribution in [0.2, 0.25) is 0 Å². The number of carboxylic acid groups (broad SMARTS) is 4. The summed E-state index contributed by atoms with van der Waals surface area (Å²) in [4.78, 5) is 45.9. The predicted molar refractivity (Wildman–Crippen MR) is 89.5 cm³/mol. The van der Waals surface area contributed by atoms with E-state index in [1.807, 2.05) is 0 Å². The van der Waals surface area contributed by atoms with E-state index in [9.17, 15) is 29.4 Å². The molecular weight excluding hydrogens is 360 g/mol. The number of aliphatic carboxylic acids is 4. The van der Waals surface area contributed by atoms with Gasteiger partial charge in [0.1, 0.15) is 5.75 Å². The molecule has 2 rings (SSSR count). The zero-order chi connectivity index (χ0) is 20.4. The molecule has 1 aromatic carbocycles. The van der Waals surface area contributed by atoms with Gasteiger partial charge in [-0.05, 0) is 30.0 Å². The first-order valence-corrected chi connectivity index (χ1v) is 8.16. The van der Waals surface area contributed by atoms with Gasteiger partial charge in [0.25, 0.3) is 0 Å². The molecule has 1 fully saturated rings. The molecule has 4 N–H and O–H groups in total. The molecule has 1 aromatic rings. The van der Waals surface area contributed by atoms with E-state index in [1.54, 1.807) is 24.3 Å². The summed E-state index contributed by atoms with van der Waals surface area (Å²) >= 11 is 0. The summed E-state index contributed by atoms with van der Waals surface area (Å²) in [5, 5.41) is 37.4. The van der Waals surface area contributed by atoms with Crippen LogP contribution in [0.3, 0.4) is 0 Å². The minimum absolute atomic E-state index is 0.0772. The second kappa shape index (κ2) is 7.65. The molecular formula is C18H20O9. The third kappa shape index (κ3) is 4.02. The fourth-order valence-electron chi connectivity index (χ4n) is 3.94. The predicted octanol–water partition coefficient (Wildman–Crippen LogP) is 1.52. The molecule has 0 bridgehead atoms. The molecule has 27 heavy (non-hydrogen) atoms. The number of carboxylic acids is 4. The van der Waals surface area contributed by atoms with Crippen molar-refractivity contribution in [3.05, 3.63) is 29.8 Å². The lowest BCUT2D eigenvalue weighted by Crippen LogP contribution is -2.39. The van der Waals surface area contributed by atoms with Crippen LogP contribution in [0.15, 0.2) is 24.3 Å². The number of rotatable bonds is 10. The number of methoxy groups -OCH3 is 1. The van der Waals surface area contributed by atoms with Crippen LogP contribution < -0.4 is 4.74 Å². The maximum absolute atomic E-state index is 11.8. The van der Waals surface area contributed by atoms with Crippen LogP contribution in [0, 0.1) is 17.3 Å². The van der Waals surface area contributed by atoms with E-state index >= 15 is 0 Å². The van der Waals surface area contributed by atoms with Gasteiger partial charge >= 0.3 is 23.9 Å². The molecule has 0 radical (unpaired) electrons. The average molecular weight is 380 g/mol. The summed E-state index contributed by atoms with van der Waals surface area (Å²) in [7, 11) is 1.47. The Morgan fingerprint density at radius 3 is 1.74 bits per heavy atom. The Balaban J connectivity index is 2.51. The van der Waals surface area contributed by atoms with Gasteiger partial charge in [-0.1, -0.05) is 12.1 Å². The monoisotopic (exact) mass is 380 g/mol. The molecule has 0 amide bonds. The number of hydrogen-bond acceptors (Lipinski definition) is 5. The topological polar surface area (TPSA) is 158 Å². The highest BCUT2D eigenvalue weighted by molar-refractivity contribution is 5.84. The molecule has 1 aliphatic carbocycles. The smallest absolute Gasteiger partial charge is 0.307 e. The molecule has 0 saturated heterocycles. The van der Waals surface area contributed by atoms with Crippen LogP contribution in [0.25, 0.3) is 0 Å². The van der Waals surface area contributed by atoms with Gasteiger partial charge in [0.15, 0.2) is 0 Å². The summed E-state index contributed by atoms with van der Waals surface area (Å²) in [5.74, 6) is -8.77. The quantitative estimate of drug-likeness (QED) is 0.472. The van der Waals surface area contributed by atoms with Crippen molar-refractivity contribution < 1.29 is 44.3 Å². The molecule has 0 aromatic heterocycles. The molecule has 0 spiro atoms. The van der Waals surface area contributed by atoms with Gasteiger partial charge in [0, 0.05) is 5.41 Å². The molecule has 3 unspecified atom stereocenters. The Labute approximate surface area is 154 Å². The summed E-state index contributed by atoms with van der Waals surface area (Å²) in [5.41, 5.74) is -0.882. The maximum atomic E-state index is 11.8. The van der Waals surface area contributed by atoms with Gasteiger partial charge in [-0.2, -0.15) is 0 Å². The van der Waals surface area contributed by atoms with Crippen LogP contribution in [-0.2, 0) is 19.2 Å². The van der Waals surface area contributed by atoms with Gasteiger partial charge in [-0.15, -0.1) is 0 Å². The van der Waals surface area contributed by atoms with E-state index in [1.165, 1.54) is 7.11 Å². The van der Waals surface area contributed by atoms with Crippen molar-refractivity contribution in [2.75, 3.05) is 7.11 Å². The lowest BCUT2D eigenvalue weighted by Gasteiger charge is -2.29. The molecule has 0 aliphatic heterocycles. The second-order valence-corrected chi connectivity index (χ2v) is 6.62. The van der Waals surface area contributed by atoms with Crippen LogP contribution >= 0.6 is 0 Å². The van der Waals surface area contributed by atoms with Crippen molar-refractivity contribution in [1.29, 1.82) is 0 Å². The minimum atomic E-state index is -1.53. The number of carbonyl (C=O) groups is 4. The Kier molecular flexibility index (Phi) is 5.72. The Morgan fingerprint density at radius 2 is 1.41 bits per heavy atom. The fourth-order valence-corrected chi connectivity index (χ4v) is 3.94. The Bertz CT molecular complexity index is 719. The van der Waals surface area contributed by atoms with E-state index in [4.69, 9.17) is 14.9 Å². The van der Waals surface area contributed by atoms with Crippen molar-refractivity contribution in [2.45, 2.75) is 25.2 Å². The average Bonchev–Trinajstić information content (AvgIpc) is 3.33. The normalized spacial score (nSPS) is 23.1. The molecule has 0 heterocycles. The Hall–Kier alpha value is -3.10. The standard InChI is InChI=1S/C18H20O9/c1-27-10-4-2-9(3-5-10)13-8-18(13,11(16(23)24)6-14(19)20)12(17(25)26)7-15(21)22/h2-5,11-13H,6-8H2,1H3,(H,19,20)(H,21,22)(H,23,24)(H,25,26). The Morgan fingerprint density at radius 1 is 0.963 bits per heavy atom. The highest BCUT2D eigenvalue weighted by atomic mass is 16.5. The summed E-state index contributed by atoms with van der Waals surface area (Å²) in [6.45, 7) is 0. The lowest BCUT2D eigenvalue weighted by molar-refractivity contribution is -0.159. The molecule has 3 atom stereocenters. The first-order valence-electron chi connectivity index (χ1n) is 8.16. The first-order chi connectivity index (χ1) is 12.6. The molecule has 9 nitrogen and oxygen atoms in total. The second-order valence-electron chi connectivity index (χ2n) is 6.62. The van der Waals surface area contributed by atoms with Crippen molar-refractivity contribution in [1.82, 2.24) is 0 Å². The van der Waals surface area contributed by atoms with E-state index < -0.39 is 59.9 Å². The van der Waals surface area contributed by atoms with Crippen LogP contribution in [0.5, 0.6) is 5.75 Å². The molecule has 1 saturated carbocycles. The van der Waals surface area contributed by atoms with E-state index in [0.717, 1.165) is 0 Å². The highest BCUT2D eigenvalue weighted by Crippen LogP contribution is 2.69. The van der Waals surface area contributed by atoms with Gasteiger partial charge in [0.05, 0.1) is 31.8 Å². The third-order valence-corrected chi connectivity index (χ3v) is 5.22. The molecule has 9 heteroatoms. The van der Waals surface area contributed by atoms with Gasteiger partial charge in [-0.25, -0.2) is 0 Å². The zero-order valence-corrected chi connectivity index (χ0v) is 14.5. The molecule has 1 aliphatic rings. The number of hydrogen-bond donors (Lipinski definition) is 4.